The van der Waals surface area contributed by atoms with Gasteiger partial charge in [-0.2, -0.15) is 0 Å². The number of likely N-dealkylation sites (tertiary alicyclic amines) is 2. The zero-order valence-electron chi connectivity index (χ0n) is 27.7. The first-order chi connectivity index (χ1) is 24.1. The van der Waals surface area contributed by atoms with Crippen molar-refractivity contribution in [2.75, 3.05) is 33.9 Å². The topological polar surface area (TPSA) is 137 Å². The highest BCUT2D eigenvalue weighted by Gasteiger charge is 2.47. The summed E-state index contributed by atoms with van der Waals surface area (Å²) in [4.78, 5) is 37.0. The molecule has 0 radical (unpaired) electrons. The minimum absolute atomic E-state index is 0.0953. The Morgan fingerprint density at radius 1 is 0.880 bits per heavy atom. The molecule has 7 rings (SSSR count). The van der Waals surface area contributed by atoms with Crippen LogP contribution in [0.2, 0.25) is 10.0 Å². The number of aliphatic hydroxyl groups is 1. The smallest absolute Gasteiger partial charge is 0.321 e. The summed E-state index contributed by atoms with van der Waals surface area (Å²) in [7, 11) is 3.12. The van der Waals surface area contributed by atoms with Gasteiger partial charge in [0.1, 0.15) is 6.04 Å². The van der Waals surface area contributed by atoms with Gasteiger partial charge < -0.3 is 25.0 Å². The summed E-state index contributed by atoms with van der Waals surface area (Å²) in [6, 6.07) is 18.2. The average molecular weight is 719 g/mol. The number of pyridine rings is 2. The van der Waals surface area contributed by atoms with Crippen LogP contribution in [0.4, 0.5) is 0 Å². The largest absolute Gasteiger partial charge is 0.481 e. The lowest BCUT2D eigenvalue weighted by molar-refractivity contribution is -0.142. The number of ether oxygens (including phenoxy) is 2. The van der Waals surface area contributed by atoms with Crippen LogP contribution in [0.1, 0.15) is 30.4 Å². The van der Waals surface area contributed by atoms with E-state index in [9.17, 15) is 19.8 Å². The lowest BCUT2D eigenvalue weighted by atomic mass is 9.88. The third-order valence-electron chi connectivity index (χ3n) is 9.83. The maximum absolute atomic E-state index is 11.7. The van der Waals surface area contributed by atoms with Gasteiger partial charge in [0, 0.05) is 78.9 Å². The van der Waals surface area contributed by atoms with Gasteiger partial charge in [-0.25, -0.2) is 9.97 Å². The monoisotopic (exact) mass is 717 g/mol. The molecule has 1 spiro atoms. The van der Waals surface area contributed by atoms with Crippen LogP contribution in [-0.4, -0.2) is 93.4 Å². The molecule has 3 N–H and O–H groups in total. The van der Waals surface area contributed by atoms with Crippen LogP contribution in [0.5, 0.6) is 11.8 Å². The zero-order chi connectivity index (χ0) is 35.2. The fourth-order valence-corrected chi connectivity index (χ4v) is 8.06. The quantitative estimate of drug-likeness (QED) is 0.199. The van der Waals surface area contributed by atoms with Crippen molar-refractivity contribution < 1.29 is 29.3 Å². The van der Waals surface area contributed by atoms with Crippen LogP contribution < -0.4 is 14.8 Å². The van der Waals surface area contributed by atoms with Gasteiger partial charge in [-0.15, -0.1) is 0 Å². The number of nitrogens with zero attached hydrogens (tertiary/aromatic N) is 4. The predicted molar refractivity (Wildman–Crippen MR) is 189 cm³/mol. The standard InChI is InChI=1S/C37H37Cl2N5O6/c1-49-34-21(16-43-19-37(20-43)14-13-31(46)42-37)9-11-28(40-34)26-7-3-5-24(32(26)38)25-6-4-8-27(33(25)39)29-12-10-22(35(41-29)50-2)17-44-18-23(45)15-30(44)36(47)48/h3-12,23,30,45H,13-20H2,1-2H3,(H,42,46)(H,47,48)/t23-,30-/m0/s1. The van der Waals surface area contributed by atoms with E-state index >= 15 is 0 Å². The van der Waals surface area contributed by atoms with Gasteiger partial charge >= 0.3 is 5.97 Å². The minimum Gasteiger partial charge on any atom is -0.481 e. The van der Waals surface area contributed by atoms with E-state index in [0.29, 0.717) is 62.8 Å². The summed E-state index contributed by atoms with van der Waals surface area (Å²) in [6.45, 7) is 2.79. The Hall–Kier alpha value is -4.26. The van der Waals surface area contributed by atoms with E-state index in [0.717, 1.165) is 36.2 Å². The Labute approximate surface area is 299 Å². The molecule has 3 fully saturated rings. The highest BCUT2D eigenvalue weighted by Crippen LogP contribution is 2.43. The number of rotatable bonds is 10. The number of β-amino-alcohol motifs (C(OH)–C–C–N with tert-alkyl or cyclic N) is 1. The predicted octanol–water partition coefficient (Wildman–Crippen LogP) is 5.29. The number of carboxylic acid groups (broad SMARTS) is 1. The van der Waals surface area contributed by atoms with Crippen LogP contribution in [0.25, 0.3) is 33.6 Å². The number of nitrogens with one attached hydrogen (secondary N) is 1. The Morgan fingerprint density at radius 2 is 1.42 bits per heavy atom. The molecular formula is C37H37Cl2N5O6. The number of carboxylic acids is 1. The van der Waals surface area contributed by atoms with Gasteiger partial charge in [-0.1, -0.05) is 71.7 Å². The molecule has 11 nitrogen and oxygen atoms in total. The number of carbonyl (C=O) groups excluding carboxylic acids is 1. The Morgan fingerprint density at radius 3 is 1.92 bits per heavy atom. The summed E-state index contributed by atoms with van der Waals surface area (Å²) in [5, 5.41) is 23.8. The number of amides is 1. The SMILES string of the molecule is COc1nc(-c2cccc(-c3cccc(-c4ccc(CN5C[C@@H](O)C[C@H]5C(=O)O)c(OC)n4)c3Cl)c2Cl)ccc1CN1CC2(CCC(=O)N2)C1. The van der Waals surface area contributed by atoms with Crippen LogP contribution >= 0.6 is 23.2 Å². The molecular weight excluding hydrogens is 681 g/mol. The molecule has 0 aliphatic carbocycles. The molecule has 0 saturated carbocycles. The zero-order valence-corrected chi connectivity index (χ0v) is 29.2. The highest BCUT2D eigenvalue weighted by atomic mass is 35.5. The molecule has 5 heterocycles. The third kappa shape index (κ3) is 6.52. The Kier molecular flexibility index (Phi) is 9.44. The molecule has 4 aromatic rings. The summed E-state index contributed by atoms with van der Waals surface area (Å²) >= 11 is 14.2. The summed E-state index contributed by atoms with van der Waals surface area (Å²) in [5.41, 5.74) is 5.62. The first-order valence-corrected chi connectivity index (χ1v) is 17.2. The minimum atomic E-state index is -0.971. The maximum Gasteiger partial charge on any atom is 0.321 e. The van der Waals surface area contributed by atoms with Crippen LogP contribution in [0.3, 0.4) is 0 Å². The molecule has 2 aromatic carbocycles. The highest BCUT2D eigenvalue weighted by molar-refractivity contribution is 6.39. The summed E-state index contributed by atoms with van der Waals surface area (Å²) in [5.74, 6) is 0.0154. The van der Waals surface area contributed by atoms with E-state index in [4.69, 9.17) is 42.6 Å². The number of methoxy groups -OCH3 is 2. The van der Waals surface area contributed by atoms with Gasteiger partial charge in [-0.05, 0) is 18.6 Å². The second-order valence-electron chi connectivity index (χ2n) is 13.2. The number of hydrogen-bond donors (Lipinski definition) is 3. The lowest BCUT2D eigenvalue weighted by Gasteiger charge is -2.48. The van der Waals surface area contributed by atoms with Crippen molar-refractivity contribution >= 4 is 35.1 Å². The molecule has 13 heteroatoms. The molecule has 2 aromatic heterocycles. The molecule has 2 atom stereocenters. The van der Waals surface area contributed by atoms with Gasteiger partial charge in [-0.3, -0.25) is 19.4 Å². The molecule has 50 heavy (non-hydrogen) atoms. The molecule has 3 aliphatic rings. The summed E-state index contributed by atoms with van der Waals surface area (Å²) in [6.07, 6.45) is 0.931. The van der Waals surface area contributed by atoms with Crippen molar-refractivity contribution in [1.29, 1.82) is 0 Å². The number of aromatic nitrogens is 2. The molecule has 3 aliphatic heterocycles. The first kappa shape index (κ1) is 34.2. The van der Waals surface area contributed by atoms with Crippen molar-refractivity contribution in [3.8, 4) is 45.4 Å². The van der Waals surface area contributed by atoms with Crippen LogP contribution in [0, 0.1) is 0 Å². The van der Waals surface area contributed by atoms with Crippen molar-refractivity contribution in [2.45, 2.75) is 50.0 Å². The third-order valence-corrected chi connectivity index (χ3v) is 10.6. The second kappa shape index (κ2) is 13.8. The number of halogens is 2. The van der Waals surface area contributed by atoms with E-state index in [1.807, 2.05) is 60.7 Å². The molecule has 0 bridgehead atoms. The molecule has 260 valence electrons. The number of aliphatic hydroxyl groups excluding tert-OH is 1. The number of benzene rings is 2. The lowest BCUT2D eigenvalue weighted by Crippen LogP contribution is -2.66. The van der Waals surface area contributed by atoms with Gasteiger partial charge in [0.15, 0.2) is 0 Å². The van der Waals surface area contributed by atoms with E-state index in [2.05, 4.69) is 10.2 Å². The normalized spacial score (nSPS) is 20.1. The van der Waals surface area contributed by atoms with Crippen molar-refractivity contribution in [3.63, 3.8) is 0 Å². The van der Waals surface area contributed by atoms with E-state index in [1.165, 1.54) is 7.11 Å². The van der Waals surface area contributed by atoms with Gasteiger partial charge in [0.25, 0.3) is 0 Å². The maximum atomic E-state index is 11.7. The number of hydrogen-bond acceptors (Lipinski definition) is 9. The van der Waals surface area contributed by atoms with E-state index in [-0.39, 0.29) is 31.0 Å². The molecule has 0 unspecified atom stereocenters. The Balaban J connectivity index is 1.13. The fraction of sp³-hybridized carbons (Fsp3) is 0.351. The number of carbonyl (C=O) groups is 2. The number of aliphatic carboxylic acids is 1. The molecule has 3 saturated heterocycles. The van der Waals surface area contributed by atoms with E-state index in [1.54, 1.807) is 12.0 Å². The van der Waals surface area contributed by atoms with Crippen molar-refractivity contribution in [1.82, 2.24) is 25.1 Å². The first-order valence-electron chi connectivity index (χ1n) is 16.4. The fourth-order valence-electron chi connectivity index (χ4n) is 7.41. The molecule has 1 amide bonds. The van der Waals surface area contributed by atoms with Crippen molar-refractivity contribution in [3.05, 3.63) is 81.8 Å². The second-order valence-corrected chi connectivity index (χ2v) is 14.0. The van der Waals surface area contributed by atoms with Gasteiger partial charge in [0.05, 0.1) is 47.3 Å². The summed E-state index contributed by atoms with van der Waals surface area (Å²) < 4.78 is 11.3. The Bertz CT molecular complexity index is 1970. The van der Waals surface area contributed by atoms with Gasteiger partial charge in [0.2, 0.25) is 17.7 Å². The van der Waals surface area contributed by atoms with E-state index < -0.39 is 18.1 Å². The van der Waals surface area contributed by atoms with Crippen molar-refractivity contribution in [2.24, 2.45) is 0 Å². The average Bonchev–Trinajstić information content (AvgIpc) is 3.67. The van der Waals surface area contributed by atoms with Crippen LogP contribution in [0.15, 0.2) is 60.7 Å². The van der Waals surface area contributed by atoms with Crippen LogP contribution in [-0.2, 0) is 22.7 Å².